The highest BCUT2D eigenvalue weighted by molar-refractivity contribution is 5.86. The maximum Gasteiger partial charge on any atom is 0.0482 e. The highest BCUT2D eigenvalue weighted by Crippen LogP contribution is 2.28. The number of nitrogens with zero attached hydrogens (tertiary/aromatic N) is 1. The summed E-state index contributed by atoms with van der Waals surface area (Å²) in [6.07, 6.45) is 0.741. The van der Waals surface area contributed by atoms with Crippen molar-refractivity contribution in [2.75, 3.05) is 6.61 Å². The van der Waals surface area contributed by atoms with Gasteiger partial charge in [-0.2, -0.15) is 0 Å². The van der Waals surface area contributed by atoms with Crippen molar-refractivity contribution in [2.45, 2.75) is 33.1 Å². The highest BCUT2D eigenvalue weighted by atomic mass is 16.2. The smallest absolute Gasteiger partial charge is 0.0482 e. The molecular formula is C15H21NO. The SMILES string of the molecule is Cc1c(CCO)c2cc(C(C)C)ccc2n1C. The predicted molar refractivity (Wildman–Crippen MR) is 72.5 cm³/mol. The lowest BCUT2D eigenvalue weighted by molar-refractivity contribution is 0.299. The Kier molecular flexibility index (Phi) is 3.25. The molecule has 0 spiro atoms. The Morgan fingerprint density at radius 1 is 1.29 bits per heavy atom. The van der Waals surface area contributed by atoms with Crippen molar-refractivity contribution in [3.8, 4) is 0 Å². The third-order valence-corrected chi connectivity index (χ3v) is 3.68. The third-order valence-electron chi connectivity index (χ3n) is 3.68. The standard InChI is InChI=1S/C15H21NO/c1-10(2)12-5-6-15-14(9-12)13(7-8-17)11(3)16(15)4/h5-6,9-10,17H,7-8H2,1-4H3. The van der Waals surface area contributed by atoms with Crippen LogP contribution < -0.4 is 0 Å². The minimum absolute atomic E-state index is 0.214. The Morgan fingerprint density at radius 3 is 2.59 bits per heavy atom. The number of aliphatic hydroxyl groups is 1. The second kappa shape index (κ2) is 4.53. The number of aliphatic hydroxyl groups excluding tert-OH is 1. The van der Waals surface area contributed by atoms with Gasteiger partial charge in [-0.3, -0.25) is 0 Å². The van der Waals surface area contributed by atoms with E-state index in [1.165, 1.54) is 27.7 Å². The molecule has 2 rings (SSSR count). The number of aromatic nitrogens is 1. The van der Waals surface area contributed by atoms with Gasteiger partial charge >= 0.3 is 0 Å². The molecule has 0 atom stereocenters. The summed E-state index contributed by atoms with van der Waals surface area (Å²) in [5.41, 5.74) is 5.17. The molecule has 1 aromatic carbocycles. The minimum atomic E-state index is 0.214. The summed E-state index contributed by atoms with van der Waals surface area (Å²) >= 11 is 0. The highest BCUT2D eigenvalue weighted by Gasteiger charge is 2.12. The maximum atomic E-state index is 9.18. The van der Waals surface area contributed by atoms with Gasteiger partial charge in [-0.15, -0.1) is 0 Å². The van der Waals surface area contributed by atoms with Gasteiger partial charge in [0, 0.05) is 30.3 Å². The largest absolute Gasteiger partial charge is 0.396 e. The van der Waals surface area contributed by atoms with Gasteiger partial charge in [0.25, 0.3) is 0 Å². The van der Waals surface area contributed by atoms with E-state index in [0.29, 0.717) is 5.92 Å². The van der Waals surface area contributed by atoms with E-state index in [1.54, 1.807) is 0 Å². The average molecular weight is 231 g/mol. The normalized spacial score (nSPS) is 11.6. The van der Waals surface area contributed by atoms with E-state index < -0.39 is 0 Å². The topological polar surface area (TPSA) is 25.2 Å². The summed E-state index contributed by atoms with van der Waals surface area (Å²) in [6.45, 7) is 6.76. The first-order valence-corrected chi connectivity index (χ1v) is 6.25. The van der Waals surface area contributed by atoms with Gasteiger partial charge in [0.15, 0.2) is 0 Å². The molecule has 2 heteroatoms. The lowest BCUT2D eigenvalue weighted by Gasteiger charge is -2.06. The molecule has 0 aliphatic carbocycles. The molecule has 1 heterocycles. The van der Waals surface area contributed by atoms with Gasteiger partial charge in [0.05, 0.1) is 0 Å². The van der Waals surface area contributed by atoms with Crippen molar-refractivity contribution in [3.05, 3.63) is 35.0 Å². The molecule has 0 amide bonds. The van der Waals surface area contributed by atoms with E-state index in [4.69, 9.17) is 0 Å². The van der Waals surface area contributed by atoms with Gasteiger partial charge in [-0.1, -0.05) is 19.9 Å². The van der Waals surface area contributed by atoms with E-state index >= 15 is 0 Å². The average Bonchev–Trinajstić information content (AvgIpc) is 2.54. The quantitative estimate of drug-likeness (QED) is 0.862. The van der Waals surface area contributed by atoms with Crippen molar-refractivity contribution in [1.29, 1.82) is 0 Å². The molecule has 0 aliphatic rings. The third kappa shape index (κ3) is 1.98. The molecule has 1 N–H and O–H groups in total. The van der Waals surface area contributed by atoms with E-state index in [0.717, 1.165) is 6.42 Å². The zero-order valence-corrected chi connectivity index (χ0v) is 11.1. The van der Waals surface area contributed by atoms with Crippen LogP contribution in [-0.2, 0) is 13.5 Å². The van der Waals surface area contributed by atoms with E-state index in [1.807, 2.05) is 0 Å². The molecule has 0 saturated heterocycles. The molecule has 2 nitrogen and oxygen atoms in total. The summed E-state index contributed by atoms with van der Waals surface area (Å²) in [4.78, 5) is 0. The number of fused-ring (bicyclic) bond motifs is 1. The zero-order chi connectivity index (χ0) is 12.6. The molecule has 17 heavy (non-hydrogen) atoms. The Hall–Kier alpha value is -1.28. The van der Waals surface area contributed by atoms with Crippen molar-refractivity contribution < 1.29 is 5.11 Å². The number of rotatable bonds is 3. The minimum Gasteiger partial charge on any atom is -0.396 e. The van der Waals surface area contributed by atoms with Crippen LogP contribution in [0.15, 0.2) is 18.2 Å². The summed E-state index contributed by atoms with van der Waals surface area (Å²) in [7, 11) is 2.09. The van der Waals surface area contributed by atoms with Gasteiger partial charge < -0.3 is 9.67 Å². The summed E-state index contributed by atoms with van der Waals surface area (Å²) in [6, 6.07) is 6.67. The maximum absolute atomic E-state index is 9.18. The Balaban J connectivity index is 2.69. The molecular weight excluding hydrogens is 210 g/mol. The molecule has 0 fully saturated rings. The van der Waals surface area contributed by atoms with Crippen molar-refractivity contribution in [3.63, 3.8) is 0 Å². The van der Waals surface area contributed by atoms with Crippen molar-refractivity contribution >= 4 is 10.9 Å². The summed E-state index contributed by atoms with van der Waals surface area (Å²) in [5.74, 6) is 0.543. The van der Waals surface area contributed by atoms with Gasteiger partial charge in [0.1, 0.15) is 0 Å². The van der Waals surface area contributed by atoms with Gasteiger partial charge in [0.2, 0.25) is 0 Å². The fraction of sp³-hybridized carbons (Fsp3) is 0.467. The number of hydrogen-bond donors (Lipinski definition) is 1. The van der Waals surface area contributed by atoms with E-state index in [9.17, 15) is 5.11 Å². The molecule has 92 valence electrons. The molecule has 2 aromatic rings. The van der Waals surface area contributed by atoms with Gasteiger partial charge in [-0.05, 0) is 42.5 Å². The summed E-state index contributed by atoms with van der Waals surface area (Å²) in [5, 5.41) is 10.5. The van der Waals surface area contributed by atoms with Gasteiger partial charge in [-0.25, -0.2) is 0 Å². The first kappa shape index (κ1) is 12.2. The van der Waals surface area contributed by atoms with Crippen LogP contribution >= 0.6 is 0 Å². The molecule has 1 aromatic heterocycles. The second-order valence-corrected chi connectivity index (χ2v) is 5.03. The monoisotopic (exact) mass is 231 g/mol. The first-order chi connectivity index (χ1) is 8.06. The Morgan fingerprint density at radius 2 is 2.00 bits per heavy atom. The van der Waals surface area contributed by atoms with Crippen LogP contribution in [0, 0.1) is 6.92 Å². The number of aryl methyl sites for hydroxylation is 1. The van der Waals surface area contributed by atoms with Crippen LogP contribution in [-0.4, -0.2) is 16.3 Å². The first-order valence-electron chi connectivity index (χ1n) is 6.25. The van der Waals surface area contributed by atoms with Crippen LogP contribution in [0.5, 0.6) is 0 Å². The van der Waals surface area contributed by atoms with Crippen LogP contribution in [0.25, 0.3) is 10.9 Å². The van der Waals surface area contributed by atoms with E-state index in [-0.39, 0.29) is 6.61 Å². The van der Waals surface area contributed by atoms with Crippen molar-refractivity contribution in [2.24, 2.45) is 7.05 Å². The Bertz CT molecular complexity index is 537. The van der Waals surface area contributed by atoms with Crippen LogP contribution in [0.3, 0.4) is 0 Å². The fourth-order valence-electron chi connectivity index (χ4n) is 2.45. The second-order valence-electron chi connectivity index (χ2n) is 5.03. The van der Waals surface area contributed by atoms with Crippen LogP contribution in [0.2, 0.25) is 0 Å². The molecule has 0 bridgehead atoms. The Labute approximate surface area is 103 Å². The van der Waals surface area contributed by atoms with E-state index in [2.05, 4.69) is 50.6 Å². The molecule has 0 aliphatic heterocycles. The summed E-state index contributed by atoms with van der Waals surface area (Å²) < 4.78 is 2.21. The predicted octanol–water partition coefficient (Wildman–Crippen LogP) is 3.14. The molecule has 0 unspecified atom stereocenters. The molecule has 0 radical (unpaired) electrons. The lowest BCUT2D eigenvalue weighted by atomic mass is 9.99. The van der Waals surface area contributed by atoms with Crippen LogP contribution in [0.4, 0.5) is 0 Å². The lowest BCUT2D eigenvalue weighted by Crippen LogP contribution is -1.95. The fourth-order valence-corrected chi connectivity index (χ4v) is 2.45. The number of benzene rings is 1. The van der Waals surface area contributed by atoms with Crippen LogP contribution in [0.1, 0.15) is 36.6 Å². The van der Waals surface area contributed by atoms with Crippen molar-refractivity contribution in [1.82, 2.24) is 4.57 Å². The zero-order valence-electron chi connectivity index (χ0n) is 11.1. The molecule has 0 saturated carbocycles. The number of hydrogen-bond acceptors (Lipinski definition) is 1.